The van der Waals surface area contributed by atoms with Crippen LogP contribution >= 0.6 is 22.7 Å². The minimum Gasteiger partial charge on any atom is -0.261 e. The van der Waals surface area contributed by atoms with Crippen LogP contribution in [0.25, 0.3) is 20.7 Å². The van der Waals surface area contributed by atoms with Gasteiger partial charge < -0.3 is 0 Å². The molecule has 4 rings (SSSR count). The maximum atomic E-state index is 4.36. The average molecular weight is 351 g/mol. The summed E-state index contributed by atoms with van der Waals surface area (Å²) in [5, 5.41) is 8.19. The van der Waals surface area contributed by atoms with Crippen molar-refractivity contribution < 1.29 is 0 Å². The lowest BCUT2D eigenvalue weighted by Gasteiger charge is -1.99. The third-order valence-electron chi connectivity index (χ3n) is 3.39. The Morgan fingerprint density at radius 1 is 1.17 bits per heavy atom. The molecule has 0 saturated heterocycles. The van der Waals surface area contributed by atoms with E-state index in [1.54, 1.807) is 35.2 Å². The van der Waals surface area contributed by atoms with E-state index in [0.717, 1.165) is 25.8 Å². The molecule has 3 aromatic heterocycles. The topological polar surface area (TPSA) is 63.1 Å². The van der Waals surface area contributed by atoms with E-state index in [2.05, 4.69) is 43.7 Å². The number of thiophene rings is 1. The van der Waals surface area contributed by atoms with Gasteiger partial charge in [-0.15, -0.1) is 22.7 Å². The summed E-state index contributed by atoms with van der Waals surface area (Å²) in [6, 6.07) is 12.4. The van der Waals surface area contributed by atoms with Gasteiger partial charge in [-0.2, -0.15) is 5.10 Å². The van der Waals surface area contributed by atoms with Crippen LogP contribution in [0.5, 0.6) is 0 Å². The van der Waals surface area contributed by atoms with Gasteiger partial charge in [0.25, 0.3) is 0 Å². The second-order valence-corrected chi connectivity index (χ2v) is 7.17. The molecule has 5 nitrogen and oxygen atoms in total. The second kappa shape index (κ2) is 6.46. The quantitative estimate of drug-likeness (QED) is 0.432. The maximum absolute atomic E-state index is 4.36. The lowest BCUT2D eigenvalue weighted by molar-refractivity contribution is 1.19. The highest BCUT2D eigenvalue weighted by Crippen LogP contribution is 2.34. The fraction of sp³-hybridized carbons (Fsp3) is 0.0588. The Balaban J connectivity index is 1.63. The van der Waals surface area contributed by atoms with Gasteiger partial charge in [0.1, 0.15) is 11.2 Å². The van der Waals surface area contributed by atoms with Gasteiger partial charge in [-0.3, -0.25) is 5.43 Å². The molecule has 3 heterocycles. The molecule has 118 valence electrons. The van der Waals surface area contributed by atoms with Crippen LogP contribution in [-0.2, 0) is 0 Å². The lowest BCUT2D eigenvalue weighted by Crippen LogP contribution is -1.94. The summed E-state index contributed by atoms with van der Waals surface area (Å²) in [7, 11) is 0. The van der Waals surface area contributed by atoms with Crippen molar-refractivity contribution in [3.05, 3.63) is 58.8 Å². The van der Waals surface area contributed by atoms with Crippen molar-refractivity contribution >= 4 is 44.9 Å². The fourth-order valence-corrected chi connectivity index (χ4v) is 3.86. The van der Waals surface area contributed by atoms with Gasteiger partial charge in [0.2, 0.25) is 0 Å². The van der Waals surface area contributed by atoms with Crippen molar-refractivity contribution in [2.45, 2.75) is 6.92 Å². The van der Waals surface area contributed by atoms with Crippen molar-refractivity contribution in [2.75, 3.05) is 5.43 Å². The number of rotatable bonds is 4. The van der Waals surface area contributed by atoms with E-state index < -0.39 is 0 Å². The molecule has 7 heteroatoms. The number of thiazole rings is 1. The molecule has 0 radical (unpaired) electrons. The molecule has 1 aromatic carbocycles. The monoisotopic (exact) mass is 351 g/mol. The molecule has 0 unspecified atom stereocenters. The molecule has 0 saturated carbocycles. The summed E-state index contributed by atoms with van der Waals surface area (Å²) in [5.74, 6) is 0.696. The van der Waals surface area contributed by atoms with Crippen LogP contribution in [-0.4, -0.2) is 21.2 Å². The van der Waals surface area contributed by atoms with Gasteiger partial charge in [-0.05, 0) is 18.6 Å². The SMILES string of the molecule is Cc1nc(/C=N\Nc2ncnc3sc(-c4ccccc4)cc23)cs1. The van der Waals surface area contributed by atoms with Crippen molar-refractivity contribution in [1.29, 1.82) is 0 Å². The van der Waals surface area contributed by atoms with Crippen molar-refractivity contribution in [3.63, 3.8) is 0 Å². The third kappa shape index (κ3) is 3.04. The van der Waals surface area contributed by atoms with E-state index in [-0.39, 0.29) is 0 Å². The third-order valence-corrected chi connectivity index (χ3v) is 5.28. The average Bonchev–Trinajstić information content (AvgIpc) is 3.22. The molecule has 0 aliphatic carbocycles. The van der Waals surface area contributed by atoms with Crippen molar-refractivity contribution in [1.82, 2.24) is 15.0 Å². The van der Waals surface area contributed by atoms with Crippen LogP contribution in [0.4, 0.5) is 5.82 Å². The number of hydrogen-bond donors (Lipinski definition) is 1. The predicted octanol–water partition coefficient (Wildman–Crippen LogP) is 4.57. The number of aryl methyl sites for hydroxylation is 1. The highest BCUT2D eigenvalue weighted by molar-refractivity contribution is 7.21. The molecule has 0 fully saturated rings. The summed E-state index contributed by atoms with van der Waals surface area (Å²) >= 11 is 3.24. The Bertz CT molecular complexity index is 1000. The van der Waals surface area contributed by atoms with Crippen LogP contribution in [0.3, 0.4) is 0 Å². The number of benzene rings is 1. The fourth-order valence-electron chi connectivity index (χ4n) is 2.29. The molecule has 1 N–H and O–H groups in total. The van der Waals surface area contributed by atoms with Crippen LogP contribution in [0.15, 0.2) is 53.2 Å². The normalized spacial score (nSPS) is 11.4. The first-order valence-corrected chi connectivity index (χ1v) is 9.00. The van der Waals surface area contributed by atoms with E-state index in [0.29, 0.717) is 5.82 Å². The number of nitrogens with zero attached hydrogens (tertiary/aromatic N) is 4. The van der Waals surface area contributed by atoms with E-state index >= 15 is 0 Å². The van der Waals surface area contributed by atoms with Crippen LogP contribution in [0, 0.1) is 6.92 Å². The Morgan fingerprint density at radius 2 is 2.04 bits per heavy atom. The van der Waals surface area contributed by atoms with E-state index in [4.69, 9.17) is 0 Å². The molecule has 24 heavy (non-hydrogen) atoms. The van der Waals surface area contributed by atoms with Crippen LogP contribution in [0.2, 0.25) is 0 Å². The molecular weight excluding hydrogens is 338 g/mol. The summed E-state index contributed by atoms with van der Waals surface area (Å²) in [6.45, 7) is 1.97. The zero-order valence-corrected chi connectivity index (χ0v) is 14.4. The molecule has 0 spiro atoms. The highest BCUT2D eigenvalue weighted by atomic mass is 32.1. The number of hydrogen-bond acceptors (Lipinski definition) is 7. The highest BCUT2D eigenvalue weighted by Gasteiger charge is 2.09. The number of fused-ring (bicyclic) bond motifs is 1. The van der Waals surface area contributed by atoms with E-state index in [1.807, 2.05) is 30.5 Å². The number of anilines is 1. The van der Waals surface area contributed by atoms with E-state index in [1.165, 1.54) is 5.56 Å². The zero-order valence-electron chi connectivity index (χ0n) is 12.8. The molecule has 0 aliphatic heterocycles. The first-order chi connectivity index (χ1) is 11.8. The van der Waals surface area contributed by atoms with Gasteiger partial charge in [0.15, 0.2) is 5.82 Å². The first-order valence-electron chi connectivity index (χ1n) is 7.31. The Labute approximate surface area is 146 Å². The number of aromatic nitrogens is 3. The van der Waals surface area contributed by atoms with Gasteiger partial charge >= 0.3 is 0 Å². The van der Waals surface area contributed by atoms with Gasteiger partial charge in [0, 0.05) is 10.3 Å². The largest absolute Gasteiger partial charge is 0.261 e. The standard InChI is InChI=1S/C17H13N5S2/c1-11-21-13(9-23-11)8-20-22-16-14-7-15(12-5-3-2-4-6-12)24-17(14)19-10-18-16/h2-10H,1H3,(H,18,19,22)/b20-8-. The Kier molecular flexibility index (Phi) is 4.02. The van der Waals surface area contributed by atoms with Gasteiger partial charge in [-0.25, -0.2) is 15.0 Å². The smallest absolute Gasteiger partial charge is 0.158 e. The Morgan fingerprint density at radius 3 is 2.83 bits per heavy atom. The lowest BCUT2D eigenvalue weighted by atomic mass is 10.2. The summed E-state index contributed by atoms with van der Waals surface area (Å²) in [4.78, 5) is 15.1. The Hall–Kier alpha value is -2.64. The molecule has 0 atom stereocenters. The summed E-state index contributed by atoms with van der Waals surface area (Å²) < 4.78 is 0. The molecular formula is C17H13N5S2. The first kappa shape index (κ1) is 14.9. The predicted molar refractivity (Wildman–Crippen MR) is 101 cm³/mol. The van der Waals surface area contributed by atoms with Gasteiger partial charge in [-0.1, -0.05) is 30.3 Å². The molecule has 4 aromatic rings. The van der Waals surface area contributed by atoms with Crippen molar-refractivity contribution in [2.24, 2.45) is 5.10 Å². The summed E-state index contributed by atoms with van der Waals surface area (Å²) in [6.07, 6.45) is 3.25. The molecule has 0 bridgehead atoms. The summed E-state index contributed by atoms with van der Waals surface area (Å²) in [5.41, 5.74) is 5.01. The molecule has 0 amide bonds. The maximum Gasteiger partial charge on any atom is 0.158 e. The minimum atomic E-state index is 0.696. The number of nitrogens with one attached hydrogen (secondary N) is 1. The van der Waals surface area contributed by atoms with Crippen LogP contribution < -0.4 is 5.43 Å². The van der Waals surface area contributed by atoms with Crippen molar-refractivity contribution in [3.8, 4) is 10.4 Å². The van der Waals surface area contributed by atoms with E-state index in [9.17, 15) is 0 Å². The number of hydrazone groups is 1. The second-order valence-electron chi connectivity index (χ2n) is 5.08. The zero-order chi connectivity index (χ0) is 16.4. The van der Waals surface area contributed by atoms with Gasteiger partial charge in [0.05, 0.1) is 22.3 Å². The molecule has 0 aliphatic rings. The van der Waals surface area contributed by atoms with Crippen LogP contribution in [0.1, 0.15) is 10.7 Å². The minimum absolute atomic E-state index is 0.696.